The number of nitrogen functional groups attached to an aromatic ring is 1. The number of hydrogen-bond donors (Lipinski definition) is 3. The van der Waals surface area contributed by atoms with Gasteiger partial charge < -0.3 is 21.1 Å². The van der Waals surface area contributed by atoms with E-state index in [1.54, 1.807) is 6.07 Å². The number of benzene rings is 1. The lowest BCUT2D eigenvalue weighted by Gasteiger charge is -2.31. The van der Waals surface area contributed by atoms with E-state index in [0.29, 0.717) is 11.3 Å². The van der Waals surface area contributed by atoms with Gasteiger partial charge in [0.15, 0.2) is 0 Å². The van der Waals surface area contributed by atoms with Crippen molar-refractivity contribution in [1.82, 2.24) is 10.2 Å². The number of carbonyl (C=O) groups is 1. The highest BCUT2D eigenvalue weighted by atomic mass is 16.3. The second-order valence-corrected chi connectivity index (χ2v) is 4.95. The molecule has 1 amide bonds. The van der Waals surface area contributed by atoms with Crippen LogP contribution >= 0.6 is 0 Å². The average Bonchev–Trinajstić information content (AvgIpc) is 2.42. The van der Waals surface area contributed by atoms with Gasteiger partial charge in [-0.2, -0.15) is 0 Å². The predicted octanol–water partition coefficient (Wildman–Crippen LogP) is 1.19. The second kappa shape index (κ2) is 5.93. The maximum Gasteiger partial charge on any atom is 0.253 e. The fourth-order valence-corrected chi connectivity index (χ4v) is 2.40. The first-order chi connectivity index (χ1) is 9.10. The SMILES string of the molecule is CCN1CCC(NC(=O)c2cc(O)ccc2N)CC1. The highest BCUT2D eigenvalue weighted by Crippen LogP contribution is 2.19. The smallest absolute Gasteiger partial charge is 0.253 e. The minimum Gasteiger partial charge on any atom is -0.508 e. The molecule has 0 atom stereocenters. The van der Waals surface area contributed by atoms with Crippen LogP contribution in [0.1, 0.15) is 30.1 Å². The number of phenols is 1. The van der Waals surface area contributed by atoms with Gasteiger partial charge in [0.2, 0.25) is 0 Å². The highest BCUT2D eigenvalue weighted by molar-refractivity contribution is 5.99. The van der Waals surface area contributed by atoms with Crippen molar-refractivity contribution in [3.05, 3.63) is 23.8 Å². The van der Waals surface area contributed by atoms with Crippen LogP contribution in [-0.4, -0.2) is 41.6 Å². The number of aromatic hydroxyl groups is 1. The van der Waals surface area contributed by atoms with E-state index in [9.17, 15) is 9.90 Å². The molecule has 1 fully saturated rings. The molecule has 5 nitrogen and oxygen atoms in total. The van der Waals surface area contributed by atoms with Gasteiger partial charge in [0.05, 0.1) is 5.56 Å². The third-order valence-corrected chi connectivity index (χ3v) is 3.65. The van der Waals surface area contributed by atoms with Crippen molar-refractivity contribution in [3.8, 4) is 5.75 Å². The van der Waals surface area contributed by atoms with Crippen LogP contribution in [0, 0.1) is 0 Å². The lowest BCUT2D eigenvalue weighted by molar-refractivity contribution is 0.0913. The number of piperidine rings is 1. The first-order valence-electron chi connectivity index (χ1n) is 6.72. The fourth-order valence-electron chi connectivity index (χ4n) is 2.40. The quantitative estimate of drug-likeness (QED) is 0.565. The largest absolute Gasteiger partial charge is 0.508 e. The molecule has 1 aromatic carbocycles. The minimum absolute atomic E-state index is 0.0557. The third-order valence-electron chi connectivity index (χ3n) is 3.65. The van der Waals surface area contributed by atoms with Crippen LogP contribution in [0.4, 0.5) is 5.69 Å². The Balaban J connectivity index is 1.96. The molecule has 104 valence electrons. The van der Waals surface area contributed by atoms with E-state index in [0.717, 1.165) is 32.5 Å². The molecule has 1 heterocycles. The molecule has 4 N–H and O–H groups in total. The molecule has 5 heteroatoms. The van der Waals surface area contributed by atoms with E-state index >= 15 is 0 Å². The van der Waals surface area contributed by atoms with Crippen molar-refractivity contribution in [2.45, 2.75) is 25.8 Å². The van der Waals surface area contributed by atoms with Crippen molar-refractivity contribution < 1.29 is 9.90 Å². The standard InChI is InChI=1S/C14H21N3O2/c1-2-17-7-5-10(6-8-17)16-14(19)12-9-11(18)3-4-13(12)15/h3-4,9-10,18H,2,5-8,15H2,1H3,(H,16,19). The van der Waals surface area contributed by atoms with E-state index in [2.05, 4.69) is 17.1 Å². The Labute approximate surface area is 113 Å². The number of nitrogens with zero attached hydrogens (tertiary/aromatic N) is 1. The van der Waals surface area contributed by atoms with Gasteiger partial charge in [0, 0.05) is 24.8 Å². The Morgan fingerprint density at radius 1 is 1.47 bits per heavy atom. The first kappa shape index (κ1) is 13.7. The van der Waals surface area contributed by atoms with Crippen molar-refractivity contribution in [2.24, 2.45) is 0 Å². The highest BCUT2D eigenvalue weighted by Gasteiger charge is 2.21. The molecule has 2 rings (SSSR count). The van der Waals surface area contributed by atoms with E-state index < -0.39 is 0 Å². The van der Waals surface area contributed by atoms with Crippen molar-refractivity contribution in [1.29, 1.82) is 0 Å². The van der Waals surface area contributed by atoms with E-state index in [4.69, 9.17) is 5.73 Å². The van der Waals surface area contributed by atoms with Crippen LogP contribution in [-0.2, 0) is 0 Å². The number of nitrogens with two attached hydrogens (primary N) is 1. The fraction of sp³-hybridized carbons (Fsp3) is 0.500. The monoisotopic (exact) mass is 263 g/mol. The number of hydrogen-bond acceptors (Lipinski definition) is 4. The molecule has 0 saturated carbocycles. The van der Waals surface area contributed by atoms with E-state index in [1.165, 1.54) is 12.1 Å². The molecule has 1 aliphatic heterocycles. The Morgan fingerprint density at radius 3 is 2.79 bits per heavy atom. The van der Waals surface area contributed by atoms with Gasteiger partial charge in [-0.1, -0.05) is 6.92 Å². The van der Waals surface area contributed by atoms with Gasteiger partial charge in [-0.25, -0.2) is 0 Å². The zero-order valence-corrected chi connectivity index (χ0v) is 11.2. The molecule has 1 aliphatic rings. The summed E-state index contributed by atoms with van der Waals surface area (Å²) < 4.78 is 0. The van der Waals surface area contributed by atoms with E-state index in [1.807, 2.05) is 0 Å². The molecule has 0 spiro atoms. The van der Waals surface area contributed by atoms with Crippen LogP contribution in [0.2, 0.25) is 0 Å². The number of phenolic OH excluding ortho intramolecular Hbond substituents is 1. The molecule has 0 aromatic heterocycles. The summed E-state index contributed by atoms with van der Waals surface area (Å²) >= 11 is 0. The van der Waals surface area contributed by atoms with Gasteiger partial charge in [-0.3, -0.25) is 4.79 Å². The third kappa shape index (κ3) is 3.38. The maximum atomic E-state index is 12.1. The number of likely N-dealkylation sites (tertiary alicyclic amines) is 1. The van der Waals surface area contributed by atoms with Gasteiger partial charge in [-0.05, 0) is 37.6 Å². The van der Waals surface area contributed by atoms with Crippen LogP contribution in [0.15, 0.2) is 18.2 Å². The maximum absolute atomic E-state index is 12.1. The van der Waals surface area contributed by atoms with Crippen LogP contribution < -0.4 is 11.1 Å². The molecule has 0 radical (unpaired) electrons. The van der Waals surface area contributed by atoms with Crippen molar-refractivity contribution in [3.63, 3.8) is 0 Å². The van der Waals surface area contributed by atoms with Crippen LogP contribution in [0.3, 0.4) is 0 Å². The molecule has 1 saturated heterocycles. The number of carbonyl (C=O) groups excluding carboxylic acids is 1. The zero-order chi connectivity index (χ0) is 13.8. The Kier molecular flexibility index (Phi) is 4.27. The number of rotatable bonds is 3. The normalized spacial score (nSPS) is 17.3. The Hall–Kier alpha value is -1.75. The molecule has 19 heavy (non-hydrogen) atoms. The number of amides is 1. The van der Waals surface area contributed by atoms with Crippen LogP contribution in [0.25, 0.3) is 0 Å². The van der Waals surface area contributed by atoms with Gasteiger partial charge in [0.1, 0.15) is 5.75 Å². The lowest BCUT2D eigenvalue weighted by Crippen LogP contribution is -2.44. The first-order valence-corrected chi connectivity index (χ1v) is 6.72. The molecular weight excluding hydrogens is 242 g/mol. The van der Waals surface area contributed by atoms with Gasteiger partial charge in [0.25, 0.3) is 5.91 Å². The van der Waals surface area contributed by atoms with Gasteiger partial charge in [-0.15, -0.1) is 0 Å². The zero-order valence-electron chi connectivity index (χ0n) is 11.2. The summed E-state index contributed by atoms with van der Waals surface area (Å²) in [6.45, 7) is 5.22. The van der Waals surface area contributed by atoms with Crippen molar-refractivity contribution >= 4 is 11.6 Å². The van der Waals surface area contributed by atoms with Crippen LogP contribution in [0.5, 0.6) is 5.75 Å². The predicted molar refractivity (Wildman–Crippen MR) is 75.1 cm³/mol. The summed E-state index contributed by atoms with van der Waals surface area (Å²) in [5.74, 6) is -0.150. The summed E-state index contributed by atoms with van der Waals surface area (Å²) in [5, 5.41) is 12.4. The lowest BCUT2D eigenvalue weighted by atomic mass is 10.0. The summed E-state index contributed by atoms with van der Waals surface area (Å²) in [4.78, 5) is 14.5. The molecule has 0 bridgehead atoms. The van der Waals surface area contributed by atoms with Gasteiger partial charge >= 0.3 is 0 Å². The number of anilines is 1. The molecular formula is C14H21N3O2. The molecule has 0 aliphatic carbocycles. The Bertz CT molecular complexity index is 454. The van der Waals surface area contributed by atoms with E-state index in [-0.39, 0.29) is 17.7 Å². The summed E-state index contributed by atoms with van der Waals surface area (Å²) in [7, 11) is 0. The molecule has 1 aromatic rings. The second-order valence-electron chi connectivity index (χ2n) is 4.95. The summed E-state index contributed by atoms with van der Waals surface area (Å²) in [5.41, 5.74) is 6.49. The topological polar surface area (TPSA) is 78.6 Å². The number of nitrogens with one attached hydrogen (secondary N) is 1. The summed E-state index contributed by atoms with van der Waals surface area (Å²) in [6.07, 6.45) is 1.91. The average molecular weight is 263 g/mol. The van der Waals surface area contributed by atoms with Crippen molar-refractivity contribution in [2.75, 3.05) is 25.4 Å². The Morgan fingerprint density at radius 2 is 2.16 bits per heavy atom. The summed E-state index contributed by atoms with van der Waals surface area (Å²) in [6, 6.07) is 4.62. The molecule has 0 unspecified atom stereocenters. The minimum atomic E-state index is -0.205.